The van der Waals surface area contributed by atoms with E-state index < -0.39 is 11.7 Å². The summed E-state index contributed by atoms with van der Waals surface area (Å²) in [6.07, 6.45) is 3.75. The van der Waals surface area contributed by atoms with Crippen molar-refractivity contribution >= 4 is 29.0 Å². The van der Waals surface area contributed by atoms with E-state index >= 15 is 0 Å². The van der Waals surface area contributed by atoms with Crippen molar-refractivity contribution < 1.29 is 9.18 Å². The second kappa shape index (κ2) is 6.99. The van der Waals surface area contributed by atoms with Gasteiger partial charge in [-0.15, -0.1) is 0 Å². The molecular formula is C14H14ClFN4O. The third-order valence-electron chi connectivity index (χ3n) is 2.62. The van der Waals surface area contributed by atoms with E-state index in [1.165, 1.54) is 24.5 Å². The molecule has 110 valence electrons. The molecule has 0 aliphatic carbocycles. The molecular weight excluding hydrogens is 295 g/mol. The van der Waals surface area contributed by atoms with Crippen LogP contribution in [0.3, 0.4) is 0 Å². The van der Waals surface area contributed by atoms with Crippen molar-refractivity contribution in [3.05, 3.63) is 47.1 Å². The lowest BCUT2D eigenvalue weighted by molar-refractivity contribution is 0.102. The molecule has 2 rings (SSSR count). The zero-order valence-electron chi connectivity index (χ0n) is 11.4. The quantitative estimate of drug-likeness (QED) is 0.889. The van der Waals surface area contributed by atoms with Gasteiger partial charge < -0.3 is 10.6 Å². The van der Waals surface area contributed by atoms with Crippen molar-refractivity contribution in [3.63, 3.8) is 0 Å². The van der Waals surface area contributed by atoms with Crippen LogP contribution in [0.2, 0.25) is 5.02 Å². The fourth-order valence-corrected chi connectivity index (χ4v) is 1.73. The molecule has 5 nitrogen and oxygen atoms in total. The summed E-state index contributed by atoms with van der Waals surface area (Å²) in [4.78, 5) is 20.0. The number of anilines is 2. The maximum atomic E-state index is 13.6. The third-order valence-corrected chi connectivity index (χ3v) is 2.86. The van der Waals surface area contributed by atoms with Crippen molar-refractivity contribution in [1.82, 2.24) is 9.97 Å². The third kappa shape index (κ3) is 4.13. The van der Waals surface area contributed by atoms with Crippen LogP contribution in [0.15, 0.2) is 30.6 Å². The Balaban J connectivity index is 2.06. The van der Waals surface area contributed by atoms with Gasteiger partial charge >= 0.3 is 0 Å². The van der Waals surface area contributed by atoms with E-state index in [-0.39, 0.29) is 16.4 Å². The smallest absolute Gasteiger partial charge is 0.275 e. The summed E-state index contributed by atoms with van der Waals surface area (Å²) in [5, 5.41) is 5.73. The van der Waals surface area contributed by atoms with Gasteiger partial charge in [0, 0.05) is 11.6 Å². The Hall–Kier alpha value is -2.21. The van der Waals surface area contributed by atoms with E-state index in [4.69, 9.17) is 11.6 Å². The van der Waals surface area contributed by atoms with Gasteiger partial charge in [-0.05, 0) is 24.6 Å². The summed E-state index contributed by atoms with van der Waals surface area (Å²) in [5.41, 5.74) is 0.144. The molecule has 0 unspecified atom stereocenters. The maximum absolute atomic E-state index is 13.6. The average molecular weight is 309 g/mol. The first-order valence-corrected chi connectivity index (χ1v) is 6.80. The molecule has 0 saturated heterocycles. The normalized spacial score (nSPS) is 10.2. The molecule has 0 radical (unpaired) electrons. The predicted octanol–water partition coefficient (Wildman–Crippen LogP) is 3.34. The molecule has 0 spiro atoms. The summed E-state index contributed by atoms with van der Waals surface area (Å²) in [7, 11) is 0. The van der Waals surface area contributed by atoms with E-state index in [1.54, 1.807) is 0 Å². The number of halogens is 2. The van der Waals surface area contributed by atoms with Crippen molar-refractivity contribution in [2.45, 2.75) is 13.3 Å². The van der Waals surface area contributed by atoms with Crippen LogP contribution in [-0.2, 0) is 0 Å². The fourth-order valence-electron chi connectivity index (χ4n) is 1.57. The summed E-state index contributed by atoms with van der Waals surface area (Å²) >= 11 is 5.65. The van der Waals surface area contributed by atoms with Gasteiger partial charge in [-0.3, -0.25) is 4.79 Å². The van der Waals surface area contributed by atoms with Crippen LogP contribution in [-0.4, -0.2) is 22.4 Å². The number of carbonyl (C=O) groups is 1. The Kier molecular flexibility index (Phi) is 5.05. The second-order valence-corrected chi connectivity index (χ2v) is 4.73. The Morgan fingerprint density at radius 2 is 2.14 bits per heavy atom. The van der Waals surface area contributed by atoms with Crippen LogP contribution in [0.25, 0.3) is 0 Å². The molecule has 2 aromatic rings. The molecule has 1 amide bonds. The van der Waals surface area contributed by atoms with Crippen LogP contribution in [0.5, 0.6) is 0 Å². The molecule has 21 heavy (non-hydrogen) atoms. The van der Waals surface area contributed by atoms with Gasteiger partial charge in [0.15, 0.2) is 0 Å². The molecule has 1 heterocycles. The standard InChI is InChI=1S/C14H14ClFN4O/c1-2-5-17-13-8-18-12(7-19-13)14(21)20-11-4-3-9(15)6-10(11)16/h3-4,6-8H,2,5H2,1H3,(H,17,19)(H,20,21). The van der Waals surface area contributed by atoms with Crippen LogP contribution < -0.4 is 10.6 Å². The SMILES string of the molecule is CCCNc1cnc(C(=O)Nc2ccc(Cl)cc2F)cn1. The Morgan fingerprint density at radius 1 is 1.33 bits per heavy atom. The van der Waals surface area contributed by atoms with Crippen molar-refractivity contribution in [3.8, 4) is 0 Å². The molecule has 7 heteroatoms. The highest BCUT2D eigenvalue weighted by Crippen LogP contribution is 2.19. The van der Waals surface area contributed by atoms with Crippen LogP contribution in [0.1, 0.15) is 23.8 Å². The molecule has 2 N–H and O–H groups in total. The minimum absolute atomic E-state index is 0.0411. The minimum atomic E-state index is -0.606. The average Bonchev–Trinajstić information content (AvgIpc) is 2.48. The Bertz CT molecular complexity index is 633. The first-order valence-electron chi connectivity index (χ1n) is 6.42. The highest BCUT2D eigenvalue weighted by molar-refractivity contribution is 6.30. The van der Waals surface area contributed by atoms with Crippen LogP contribution in [0, 0.1) is 5.82 Å². The zero-order valence-corrected chi connectivity index (χ0v) is 12.1. The number of hydrogen-bond acceptors (Lipinski definition) is 4. The van der Waals surface area contributed by atoms with Crippen molar-refractivity contribution in [2.24, 2.45) is 0 Å². The molecule has 0 bridgehead atoms. The van der Waals surface area contributed by atoms with Crippen LogP contribution >= 0.6 is 11.6 Å². The molecule has 0 atom stereocenters. The molecule has 0 saturated carbocycles. The number of carbonyl (C=O) groups excluding carboxylic acids is 1. The molecule has 1 aromatic heterocycles. The second-order valence-electron chi connectivity index (χ2n) is 4.29. The molecule has 0 fully saturated rings. The predicted molar refractivity (Wildman–Crippen MR) is 80.2 cm³/mol. The number of nitrogens with zero attached hydrogens (tertiary/aromatic N) is 2. The zero-order chi connectivity index (χ0) is 15.2. The molecule has 0 aliphatic heterocycles. The molecule has 0 aliphatic rings. The fraction of sp³-hybridized carbons (Fsp3) is 0.214. The first kappa shape index (κ1) is 15.2. The highest BCUT2D eigenvalue weighted by atomic mass is 35.5. The van der Waals surface area contributed by atoms with E-state index in [0.29, 0.717) is 5.82 Å². The minimum Gasteiger partial charge on any atom is -0.369 e. The molecule has 1 aromatic carbocycles. The lowest BCUT2D eigenvalue weighted by Crippen LogP contribution is -2.15. The van der Waals surface area contributed by atoms with Gasteiger partial charge in [-0.25, -0.2) is 14.4 Å². The largest absolute Gasteiger partial charge is 0.369 e. The number of benzene rings is 1. The number of nitrogens with one attached hydrogen (secondary N) is 2. The Labute approximate surface area is 126 Å². The Morgan fingerprint density at radius 3 is 2.76 bits per heavy atom. The van der Waals surface area contributed by atoms with Gasteiger partial charge in [-0.1, -0.05) is 18.5 Å². The van der Waals surface area contributed by atoms with E-state index in [2.05, 4.69) is 20.6 Å². The maximum Gasteiger partial charge on any atom is 0.275 e. The lowest BCUT2D eigenvalue weighted by Gasteiger charge is -2.07. The van der Waals surface area contributed by atoms with Gasteiger partial charge in [0.1, 0.15) is 17.3 Å². The van der Waals surface area contributed by atoms with Gasteiger partial charge in [-0.2, -0.15) is 0 Å². The van der Waals surface area contributed by atoms with Crippen molar-refractivity contribution in [2.75, 3.05) is 17.2 Å². The van der Waals surface area contributed by atoms with E-state index in [1.807, 2.05) is 6.92 Å². The number of rotatable bonds is 5. The van der Waals surface area contributed by atoms with E-state index in [0.717, 1.165) is 19.0 Å². The lowest BCUT2D eigenvalue weighted by atomic mass is 10.3. The van der Waals surface area contributed by atoms with Gasteiger partial charge in [0.2, 0.25) is 0 Å². The topological polar surface area (TPSA) is 66.9 Å². The monoisotopic (exact) mass is 308 g/mol. The van der Waals surface area contributed by atoms with E-state index in [9.17, 15) is 9.18 Å². The first-order chi connectivity index (χ1) is 10.1. The number of amides is 1. The summed E-state index contributed by atoms with van der Waals surface area (Å²) in [6.45, 7) is 2.80. The number of hydrogen-bond donors (Lipinski definition) is 2. The summed E-state index contributed by atoms with van der Waals surface area (Å²) < 4.78 is 13.6. The summed E-state index contributed by atoms with van der Waals surface area (Å²) in [6, 6.07) is 4.00. The highest BCUT2D eigenvalue weighted by Gasteiger charge is 2.11. The summed E-state index contributed by atoms with van der Waals surface area (Å²) in [5.74, 6) is -0.554. The van der Waals surface area contributed by atoms with Gasteiger partial charge in [0.05, 0.1) is 18.1 Å². The van der Waals surface area contributed by atoms with Crippen molar-refractivity contribution in [1.29, 1.82) is 0 Å². The van der Waals surface area contributed by atoms with Crippen LogP contribution in [0.4, 0.5) is 15.9 Å². The number of aromatic nitrogens is 2. The van der Waals surface area contributed by atoms with Gasteiger partial charge in [0.25, 0.3) is 5.91 Å².